The number of rotatable bonds is 4. The molecular formula is C17H25N3O. The minimum absolute atomic E-state index is 0.194. The fourth-order valence-corrected chi connectivity index (χ4v) is 3.86. The number of benzene rings is 1. The predicted octanol–water partition coefficient (Wildman–Crippen LogP) is 1.76. The molecular weight excluding hydrogens is 262 g/mol. The Bertz CT molecular complexity index is 503. The first-order valence-corrected chi connectivity index (χ1v) is 8.05. The van der Waals surface area contributed by atoms with Crippen LogP contribution in [0, 0.1) is 11.8 Å². The maximum atomic E-state index is 12.0. The number of fused-ring (bicyclic) bond motifs is 1. The van der Waals surface area contributed by atoms with Crippen molar-refractivity contribution in [1.82, 2.24) is 16.2 Å². The van der Waals surface area contributed by atoms with Crippen molar-refractivity contribution in [2.75, 3.05) is 7.05 Å². The highest BCUT2D eigenvalue weighted by atomic mass is 16.2. The average molecular weight is 287 g/mol. The van der Waals surface area contributed by atoms with Gasteiger partial charge in [-0.3, -0.25) is 10.2 Å². The number of nitrogens with one attached hydrogen (secondary N) is 3. The van der Waals surface area contributed by atoms with Crippen LogP contribution < -0.4 is 16.2 Å². The molecule has 3 unspecified atom stereocenters. The van der Waals surface area contributed by atoms with Crippen LogP contribution in [0.25, 0.3) is 0 Å². The van der Waals surface area contributed by atoms with Gasteiger partial charge in [-0.25, -0.2) is 5.43 Å². The Morgan fingerprint density at radius 3 is 2.90 bits per heavy atom. The number of hydrogen-bond donors (Lipinski definition) is 3. The molecule has 1 aromatic rings. The van der Waals surface area contributed by atoms with Crippen molar-refractivity contribution >= 4 is 5.91 Å². The average Bonchev–Trinajstić information content (AvgIpc) is 2.51. The van der Waals surface area contributed by atoms with E-state index in [2.05, 4.69) is 40.4 Å². The van der Waals surface area contributed by atoms with Gasteiger partial charge in [-0.2, -0.15) is 0 Å². The summed E-state index contributed by atoms with van der Waals surface area (Å²) in [5.41, 5.74) is 8.81. The number of amides is 1. The number of hydrogen-bond acceptors (Lipinski definition) is 3. The summed E-state index contributed by atoms with van der Waals surface area (Å²) in [4.78, 5) is 12.0. The molecule has 2 aliphatic rings. The summed E-state index contributed by atoms with van der Waals surface area (Å²) in [6, 6.07) is 9.10. The normalized spacial score (nSPS) is 28.8. The summed E-state index contributed by atoms with van der Waals surface area (Å²) < 4.78 is 0. The van der Waals surface area contributed by atoms with Crippen LogP contribution in [0.15, 0.2) is 24.3 Å². The first-order chi connectivity index (χ1) is 10.3. The van der Waals surface area contributed by atoms with Gasteiger partial charge in [-0.15, -0.1) is 0 Å². The Morgan fingerprint density at radius 1 is 1.24 bits per heavy atom. The van der Waals surface area contributed by atoms with Crippen molar-refractivity contribution in [3.63, 3.8) is 0 Å². The fraction of sp³-hybridized carbons (Fsp3) is 0.588. The van der Waals surface area contributed by atoms with E-state index in [-0.39, 0.29) is 11.8 Å². The molecule has 1 amide bonds. The molecule has 2 fully saturated rings. The van der Waals surface area contributed by atoms with Gasteiger partial charge >= 0.3 is 0 Å². The van der Waals surface area contributed by atoms with Crippen molar-refractivity contribution < 1.29 is 4.79 Å². The predicted molar refractivity (Wildman–Crippen MR) is 83.4 cm³/mol. The third-order valence-corrected chi connectivity index (χ3v) is 4.88. The van der Waals surface area contributed by atoms with Crippen LogP contribution in [0.5, 0.6) is 0 Å². The zero-order chi connectivity index (χ0) is 14.7. The minimum atomic E-state index is 0.194. The molecule has 1 aliphatic heterocycles. The number of hydrazine groups is 1. The molecule has 0 bridgehead atoms. The molecule has 1 aromatic carbocycles. The minimum Gasteiger partial charge on any atom is -0.316 e. The molecule has 4 heteroatoms. The van der Waals surface area contributed by atoms with E-state index in [0.29, 0.717) is 12.0 Å². The van der Waals surface area contributed by atoms with Gasteiger partial charge < -0.3 is 5.32 Å². The van der Waals surface area contributed by atoms with Gasteiger partial charge in [-0.05, 0) is 43.4 Å². The van der Waals surface area contributed by atoms with Crippen LogP contribution in [0.2, 0.25) is 0 Å². The second kappa shape index (κ2) is 6.58. The van der Waals surface area contributed by atoms with Crippen LogP contribution in [0.3, 0.4) is 0 Å². The van der Waals surface area contributed by atoms with Crippen molar-refractivity contribution in [3.8, 4) is 0 Å². The Kier molecular flexibility index (Phi) is 4.56. The molecule has 21 heavy (non-hydrogen) atoms. The van der Waals surface area contributed by atoms with Gasteiger partial charge in [-0.1, -0.05) is 37.1 Å². The maximum Gasteiger partial charge on any atom is 0.237 e. The largest absolute Gasteiger partial charge is 0.316 e. The van der Waals surface area contributed by atoms with E-state index >= 15 is 0 Å². The molecule has 1 saturated heterocycles. The van der Waals surface area contributed by atoms with E-state index in [1.165, 1.54) is 30.4 Å². The van der Waals surface area contributed by atoms with Gasteiger partial charge in [0.2, 0.25) is 5.91 Å². The molecule has 1 aliphatic carbocycles. The topological polar surface area (TPSA) is 53.2 Å². The smallest absolute Gasteiger partial charge is 0.237 e. The highest BCUT2D eigenvalue weighted by Crippen LogP contribution is 2.35. The third-order valence-electron chi connectivity index (χ3n) is 4.88. The molecule has 0 aromatic heterocycles. The molecule has 3 atom stereocenters. The lowest BCUT2D eigenvalue weighted by Gasteiger charge is -2.41. The SMILES string of the molecule is CNCc1cccc(CC2NNC(=O)C3CCCCC23)c1. The van der Waals surface area contributed by atoms with Crippen molar-refractivity contribution in [3.05, 3.63) is 35.4 Å². The van der Waals surface area contributed by atoms with Crippen LogP contribution in [0.1, 0.15) is 36.8 Å². The molecule has 1 heterocycles. The van der Waals surface area contributed by atoms with E-state index in [4.69, 9.17) is 0 Å². The molecule has 3 N–H and O–H groups in total. The molecule has 0 spiro atoms. The highest BCUT2D eigenvalue weighted by Gasteiger charge is 2.39. The van der Waals surface area contributed by atoms with E-state index in [1.54, 1.807) is 0 Å². The van der Waals surface area contributed by atoms with Gasteiger partial charge in [0, 0.05) is 18.5 Å². The highest BCUT2D eigenvalue weighted by molar-refractivity contribution is 5.79. The Morgan fingerprint density at radius 2 is 2.05 bits per heavy atom. The summed E-state index contributed by atoms with van der Waals surface area (Å²) in [7, 11) is 1.97. The first kappa shape index (κ1) is 14.5. The lowest BCUT2D eigenvalue weighted by molar-refractivity contribution is -0.133. The zero-order valence-corrected chi connectivity index (χ0v) is 12.7. The molecule has 4 nitrogen and oxygen atoms in total. The van der Waals surface area contributed by atoms with Crippen molar-refractivity contribution in [2.24, 2.45) is 11.8 Å². The summed E-state index contributed by atoms with van der Waals surface area (Å²) in [5, 5.41) is 3.19. The second-order valence-electron chi connectivity index (χ2n) is 6.35. The molecule has 1 saturated carbocycles. The summed E-state index contributed by atoms with van der Waals surface area (Å²) >= 11 is 0. The standard InChI is InChI=1S/C17H25N3O/c1-18-11-13-6-4-5-12(9-13)10-16-14-7-2-3-8-15(14)17(21)20-19-16/h4-6,9,14-16,18-19H,2-3,7-8,10-11H2,1H3,(H,20,21). The van der Waals surface area contributed by atoms with E-state index in [0.717, 1.165) is 19.4 Å². The van der Waals surface area contributed by atoms with Gasteiger partial charge in [0.25, 0.3) is 0 Å². The van der Waals surface area contributed by atoms with Gasteiger partial charge in [0.1, 0.15) is 0 Å². The number of carbonyl (C=O) groups excluding carboxylic acids is 1. The van der Waals surface area contributed by atoms with Crippen LogP contribution in [-0.2, 0) is 17.8 Å². The van der Waals surface area contributed by atoms with E-state index in [1.807, 2.05) is 7.05 Å². The molecule has 0 radical (unpaired) electrons. The van der Waals surface area contributed by atoms with Crippen LogP contribution >= 0.6 is 0 Å². The zero-order valence-electron chi connectivity index (χ0n) is 12.7. The van der Waals surface area contributed by atoms with E-state index < -0.39 is 0 Å². The quantitative estimate of drug-likeness (QED) is 0.791. The van der Waals surface area contributed by atoms with Gasteiger partial charge in [0.05, 0.1) is 0 Å². The third kappa shape index (κ3) is 3.27. The molecule has 114 valence electrons. The van der Waals surface area contributed by atoms with Gasteiger partial charge in [0.15, 0.2) is 0 Å². The van der Waals surface area contributed by atoms with Crippen molar-refractivity contribution in [2.45, 2.75) is 44.7 Å². The summed E-state index contributed by atoms with van der Waals surface area (Å²) in [6.45, 7) is 0.898. The molecule has 3 rings (SSSR count). The Hall–Kier alpha value is -1.39. The monoisotopic (exact) mass is 287 g/mol. The van der Waals surface area contributed by atoms with Crippen LogP contribution in [-0.4, -0.2) is 19.0 Å². The first-order valence-electron chi connectivity index (χ1n) is 8.05. The maximum absolute atomic E-state index is 12.0. The lowest BCUT2D eigenvalue weighted by Crippen LogP contribution is -2.60. The second-order valence-corrected chi connectivity index (χ2v) is 6.35. The summed E-state index contributed by atoms with van der Waals surface area (Å²) in [6.07, 6.45) is 5.66. The lowest BCUT2D eigenvalue weighted by atomic mass is 9.72. The van der Waals surface area contributed by atoms with Crippen molar-refractivity contribution in [1.29, 1.82) is 0 Å². The number of carbonyl (C=O) groups is 1. The van der Waals surface area contributed by atoms with E-state index in [9.17, 15) is 4.79 Å². The summed E-state index contributed by atoms with van der Waals surface area (Å²) in [5.74, 6) is 0.894. The fourth-order valence-electron chi connectivity index (χ4n) is 3.86. The Labute approximate surface area is 126 Å². The Balaban J connectivity index is 1.71. The van der Waals surface area contributed by atoms with Crippen LogP contribution in [0.4, 0.5) is 0 Å².